The van der Waals surface area contributed by atoms with Crippen LogP contribution >= 0.6 is 0 Å². The first-order valence-corrected chi connectivity index (χ1v) is 7.48. The zero-order chi connectivity index (χ0) is 14.3. The van der Waals surface area contributed by atoms with Crippen LogP contribution in [0.5, 0.6) is 5.75 Å². The molecule has 0 bridgehead atoms. The zero-order valence-corrected chi connectivity index (χ0v) is 12.4. The summed E-state index contributed by atoms with van der Waals surface area (Å²) >= 11 is 0. The Balaban J connectivity index is 1.84. The van der Waals surface area contributed by atoms with Crippen molar-refractivity contribution in [3.8, 4) is 5.75 Å². The summed E-state index contributed by atoms with van der Waals surface area (Å²) in [7, 11) is 0. The van der Waals surface area contributed by atoms with Crippen LogP contribution in [-0.2, 0) is 11.2 Å². The van der Waals surface area contributed by atoms with Gasteiger partial charge in [0, 0.05) is 18.6 Å². The van der Waals surface area contributed by atoms with E-state index in [2.05, 4.69) is 20.8 Å². The molecule has 0 aromatic heterocycles. The second kappa shape index (κ2) is 4.88. The van der Waals surface area contributed by atoms with E-state index in [0.717, 1.165) is 36.1 Å². The smallest absolute Gasteiger partial charge is 0.168 e. The highest BCUT2D eigenvalue weighted by Crippen LogP contribution is 2.36. The summed E-state index contributed by atoms with van der Waals surface area (Å²) in [6, 6.07) is 5.85. The maximum absolute atomic E-state index is 12.7. The molecular weight excluding hydrogens is 252 g/mol. The quantitative estimate of drug-likeness (QED) is 0.792. The average molecular weight is 274 g/mol. The molecule has 2 heterocycles. The van der Waals surface area contributed by atoms with E-state index >= 15 is 0 Å². The molecule has 0 amide bonds. The molecule has 0 spiro atoms. The lowest BCUT2D eigenvalue weighted by atomic mass is 9.89. The van der Waals surface area contributed by atoms with Gasteiger partial charge in [0.25, 0.3) is 0 Å². The average Bonchev–Trinajstić information content (AvgIpc) is 2.98. The summed E-state index contributed by atoms with van der Waals surface area (Å²) < 4.78 is 11.5. The molecule has 108 valence electrons. The van der Waals surface area contributed by atoms with Crippen LogP contribution in [0.1, 0.15) is 49.5 Å². The number of ketones is 1. The van der Waals surface area contributed by atoms with Gasteiger partial charge in [-0.1, -0.05) is 6.92 Å². The predicted octanol–water partition coefficient (Wildman–Crippen LogP) is 3.40. The van der Waals surface area contributed by atoms with Crippen LogP contribution in [-0.4, -0.2) is 24.1 Å². The molecule has 0 N–H and O–H groups in total. The van der Waals surface area contributed by atoms with Gasteiger partial charge in [-0.3, -0.25) is 4.79 Å². The van der Waals surface area contributed by atoms with Gasteiger partial charge >= 0.3 is 0 Å². The summed E-state index contributed by atoms with van der Waals surface area (Å²) in [6.07, 6.45) is 2.69. The summed E-state index contributed by atoms with van der Waals surface area (Å²) in [5.41, 5.74) is 1.79. The fourth-order valence-corrected chi connectivity index (χ4v) is 3.33. The molecule has 2 unspecified atom stereocenters. The van der Waals surface area contributed by atoms with Crippen LogP contribution in [0.25, 0.3) is 0 Å². The van der Waals surface area contributed by atoms with Crippen LogP contribution in [0.2, 0.25) is 0 Å². The third-order valence-corrected chi connectivity index (χ3v) is 4.30. The number of carbonyl (C=O) groups is 1. The topological polar surface area (TPSA) is 35.5 Å². The van der Waals surface area contributed by atoms with Gasteiger partial charge in [-0.2, -0.15) is 0 Å². The fraction of sp³-hybridized carbons (Fsp3) is 0.588. The van der Waals surface area contributed by atoms with Gasteiger partial charge in [0.15, 0.2) is 5.78 Å². The Labute approximate surface area is 120 Å². The highest BCUT2D eigenvalue weighted by molar-refractivity contribution is 5.98. The summed E-state index contributed by atoms with van der Waals surface area (Å²) in [5.74, 6) is 1.16. The molecule has 1 aromatic carbocycles. The molecule has 1 aromatic rings. The molecule has 1 saturated heterocycles. The maximum Gasteiger partial charge on any atom is 0.168 e. The van der Waals surface area contributed by atoms with Crippen molar-refractivity contribution in [3.05, 3.63) is 29.3 Å². The van der Waals surface area contributed by atoms with Gasteiger partial charge in [-0.05, 0) is 50.5 Å². The Morgan fingerprint density at radius 2 is 2.20 bits per heavy atom. The van der Waals surface area contributed by atoms with E-state index in [9.17, 15) is 4.79 Å². The summed E-state index contributed by atoms with van der Waals surface area (Å²) in [5, 5.41) is 0. The Bertz CT molecular complexity index is 533. The van der Waals surface area contributed by atoms with Gasteiger partial charge in [0.1, 0.15) is 11.4 Å². The third-order valence-electron chi connectivity index (χ3n) is 4.30. The minimum absolute atomic E-state index is 0.0216. The molecule has 2 aliphatic rings. The molecule has 3 heteroatoms. The highest BCUT2D eigenvalue weighted by atomic mass is 16.5. The normalized spacial score (nSPS) is 27.1. The first kappa shape index (κ1) is 13.6. The highest BCUT2D eigenvalue weighted by Gasteiger charge is 2.35. The predicted molar refractivity (Wildman–Crippen MR) is 77.3 cm³/mol. The van der Waals surface area contributed by atoms with E-state index in [1.165, 1.54) is 0 Å². The van der Waals surface area contributed by atoms with Crippen molar-refractivity contribution in [2.24, 2.45) is 5.92 Å². The van der Waals surface area contributed by atoms with E-state index in [1.54, 1.807) is 0 Å². The molecule has 1 fully saturated rings. The number of benzene rings is 1. The molecule has 0 saturated carbocycles. The van der Waals surface area contributed by atoms with Crippen molar-refractivity contribution in [3.63, 3.8) is 0 Å². The minimum Gasteiger partial charge on any atom is -0.487 e. The number of rotatable bonds is 3. The van der Waals surface area contributed by atoms with Gasteiger partial charge in [-0.15, -0.1) is 0 Å². The molecule has 0 aliphatic carbocycles. The second-order valence-electron chi connectivity index (χ2n) is 6.44. The second-order valence-corrected chi connectivity index (χ2v) is 6.44. The standard InChI is InChI=1S/C17H22O3/c1-4-14-13(7-8-19-14)16(18)11-5-6-15-12(9-11)10-17(2,3)20-15/h5-6,9,13-14H,4,7-8,10H2,1-3H3. The molecular formula is C17H22O3. The van der Waals surface area contributed by atoms with Crippen LogP contribution in [0.15, 0.2) is 18.2 Å². The van der Waals surface area contributed by atoms with Gasteiger partial charge in [-0.25, -0.2) is 0 Å². The molecule has 2 atom stereocenters. The number of carbonyl (C=O) groups excluding carboxylic acids is 1. The molecule has 3 nitrogen and oxygen atoms in total. The number of ether oxygens (including phenoxy) is 2. The van der Waals surface area contributed by atoms with Crippen LogP contribution < -0.4 is 4.74 Å². The van der Waals surface area contributed by atoms with Gasteiger partial charge in [0.05, 0.1) is 12.0 Å². The SMILES string of the molecule is CCC1OCCC1C(=O)c1ccc2c(c1)CC(C)(C)O2. The summed E-state index contributed by atoms with van der Waals surface area (Å²) in [4.78, 5) is 12.7. The van der Waals surface area contributed by atoms with Crippen molar-refractivity contribution in [2.45, 2.75) is 51.7 Å². The number of fused-ring (bicyclic) bond motifs is 1. The first-order valence-electron chi connectivity index (χ1n) is 7.48. The Kier molecular flexibility index (Phi) is 3.33. The van der Waals surface area contributed by atoms with Crippen LogP contribution in [0.4, 0.5) is 0 Å². The maximum atomic E-state index is 12.7. The largest absolute Gasteiger partial charge is 0.487 e. The molecule has 2 aliphatic heterocycles. The summed E-state index contributed by atoms with van der Waals surface area (Å²) in [6.45, 7) is 6.93. The minimum atomic E-state index is -0.160. The van der Waals surface area contributed by atoms with Crippen molar-refractivity contribution in [1.82, 2.24) is 0 Å². The van der Waals surface area contributed by atoms with E-state index in [4.69, 9.17) is 9.47 Å². The van der Waals surface area contributed by atoms with Crippen molar-refractivity contribution < 1.29 is 14.3 Å². The van der Waals surface area contributed by atoms with Gasteiger partial charge < -0.3 is 9.47 Å². The third kappa shape index (κ3) is 2.35. The molecule has 3 rings (SSSR count). The monoisotopic (exact) mass is 274 g/mol. The first-order chi connectivity index (χ1) is 9.50. The van der Waals surface area contributed by atoms with E-state index in [1.807, 2.05) is 18.2 Å². The number of Topliss-reactive ketones (excluding diaryl/α,β-unsaturated/α-hetero) is 1. The van der Waals surface area contributed by atoms with E-state index in [0.29, 0.717) is 6.61 Å². The van der Waals surface area contributed by atoms with Crippen LogP contribution in [0, 0.1) is 5.92 Å². The lowest BCUT2D eigenvalue weighted by Crippen LogP contribution is -2.24. The molecule has 0 radical (unpaired) electrons. The molecule has 20 heavy (non-hydrogen) atoms. The zero-order valence-electron chi connectivity index (χ0n) is 12.4. The lowest BCUT2D eigenvalue weighted by molar-refractivity contribution is 0.0689. The van der Waals surface area contributed by atoms with Crippen molar-refractivity contribution in [1.29, 1.82) is 0 Å². The van der Waals surface area contributed by atoms with Gasteiger partial charge in [0.2, 0.25) is 0 Å². The Hall–Kier alpha value is -1.35. The fourth-order valence-electron chi connectivity index (χ4n) is 3.33. The van der Waals surface area contributed by atoms with E-state index in [-0.39, 0.29) is 23.4 Å². The van der Waals surface area contributed by atoms with Crippen molar-refractivity contribution >= 4 is 5.78 Å². The van der Waals surface area contributed by atoms with Crippen molar-refractivity contribution in [2.75, 3.05) is 6.61 Å². The Morgan fingerprint density at radius 1 is 1.40 bits per heavy atom. The van der Waals surface area contributed by atoms with E-state index < -0.39 is 0 Å². The lowest BCUT2D eigenvalue weighted by Gasteiger charge is -2.16. The Morgan fingerprint density at radius 3 is 2.95 bits per heavy atom. The number of hydrogen-bond acceptors (Lipinski definition) is 3. The van der Waals surface area contributed by atoms with Crippen LogP contribution in [0.3, 0.4) is 0 Å². The number of hydrogen-bond donors (Lipinski definition) is 0.